The molecule has 0 aliphatic heterocycles. The summed E-state index contributed by atoms with van der Waals surface area (Å²) in [5.74, 6) is -0.317. The molecule has 2 N–H and O–H groups in total. The normalized spacial score (nSPS) is 11.6. The third kappa shape index (κ3) is 4.09. The molecule has 1 amide bonds. The van der Waals surface area contributed by atoms with Crippen LogP contribution >= 0.6 is 0 Å². The predicted molar refractivity (Wildman–Crippen MR) is 98.5 cm³/mol. The summed E-state index contributed by atoms with van der Waals surface area (Å²) in [6.45, 7) is 2.40. The van der Waals surface area contributed by atoms with Crippen LogP contribution in [-0.2, 0) is 16.4 Å². The Morgan fingerprint density at radius 1 is 1.19 bits per heavy atom. The van der Waals surface area contributed by atoms with Gasteiger partial charge in [0, 0.05) is 37.5 Å². The lowest BCUT2D eigenvalue weighted by molar-refractivity contribution is 0.0954. The van der Waals surface area contributed by atoms with Gasteiger partial charge in [-0.05, 0) is 30.3 Å². The maximum atomic E-state index is 12.3. The summed E-state index contributed by atoms with van der Waals surface area (Å²) in [6, 6.07) is 11.7. The molecule has 0 spiro atoms. The zero-order valence-electron chi connectivity index (χ0n) is 14.3. The van der Waals surface area contributed by atoms with Gasteiger partial charge in [-0.3, -0.25) is 4.79 Å². The monoisotopic (exact) mass is 372 g/mol. The number of rotatable bonds is 7. The molecular formula is C18H20N4O3S. The van der Waals surface area contributed by atoms with E-state index in [1.54, 1.807) is 19.1 Å². The predicted octanol–water partition coefficient (Wildman–Crippen LogP) is 1.60. The van der Waals surface area contributed by atoms with Crippen molar-refractivity contribution < 1.29 is 13.2 Å². The maximum Gasteiger partial charge on any atom is 0.251 e. The number of benzene rings is 1. The molecule has 0 radical (unpaired) electrons. The van der Waals surface area contributed by atoms with Gasteiger partial charge in [-0.1, -0.05) is 19.1 Å². The van der Waals surface area contributed by atoms with Crippen molar-refractivity contribution in [1.82, 2.24) is 19.4 Å². The number of carbonyl (C=O) groups excluding carboxylic acids is 1. The molecular weight excluding hydrogens is 352 g/mol. The molecule has 0 aliphatic rings. The van der Waals surface area contributed by atoms with Crippen molar-refractivity contribution in [3.63, 3.8) is 0 Å². The molecule has 0 aliphatic carbocycles. The molecule has 3 aromatic rings. The summed E-state index contributed by atoms with van der Waals surface area (Å²) in [4.78, 5) is 16.8. The van der Waals surface area contributed by atoms with Crippen molar-refractivity contribution in [2.24, 2.45) is 0 Å². The van der Waals surface area contributed by atoms with Crippen LogP contribution in [0.4, 0.5) is 0 Å². The van der Waals surface area contributed by atoms with E-state index in [1.807, 2.05) is 35.0 Å². The number of pyridine rings is 1. The Morgan fingerprint density at radius 2 is 2.04 bits per heavy atom. The van der Waals surface area contributed by atoms with Crippen LogP contribution in [0.3, 0.4) is 0 Å². The van der Waals surface area contributed by atoms with Gasteiger partial charge in [-0.25, -0.2) is 18.1 Å². The van der Waals surface area contributed by atoms with E-state index in [-0.39, 0.29) is 17.3 Å². The minimum Gasteiger partial charge on any atom is -0.352 e. The summed E-state index contributed by atoms with van der Waals surface area (Å²) in [5.41, 5.74) is 2.04. The molecule has 0 fully saturated rings. The summed E-state index contributed by atoms with van der Waals surface area (Å²) in [7, 11) is -3.59. The zero-order chi connectivity index (χ0) is 18.6. The van der Waals surface area contributed by atoms with Crippen LogP contribution in [0.2, 0.25) is 0 Å². The fraction of sp³-hybridized carbons (Fsp3) is 0.222. The van der Waals surface area contributed by atoms with Gasteiger partial charge in [0.25, 0.3) is 5.91 Å². The second-order valence-electron chi connectivity index (χ2n) is 5.73. The second kappa shape index (κ2) is 7.67. The third-order valence-corrected chi connectivity index (χ3v) is 5.36. The van der Waals surface area contributed by atoms with Crippen molar-refractivity contribution in [2.45, 2.75) is 18.2 Å². The highest BCUT2D eigenvalue weighted by Crippen LogP contribution is 2.11. The van der Waals surface area contributed by atoms with Gasteiger partial charge in [0.05, 0.1) is 10.6 Å². The fourth-order valence-electron chi connectivity index (χ4n) is 2.59. The lowest BCUT2D eigenvalue weighted by atomic mass is 10.2. The molecule has 0 saturated heterocycles. The summed E-state index contributed by atoms with van der Waals surface area (Å²) in [5, 5.41) is 2.80. The van der Waals surface area contributed by atoms with Crippen molar-refractivity contribution in [1.29, 1.82) is 0 Å². The number of nitrogens with one attached hydrogen (secondary N) is 2. The lowest BCUT2D eigenvalue weighted by Gasteiger charge is -2.07. The minimum atomic E-state index is -3.59. The van der Waals surface area contributed by atoms with Crippen LogP contribution < -0.4 is 10.0 Å². The number of nitrogens with zero attached hydrogens (tertiary/aromatic N) is 2. The number of hydrogen-bond acceptors (Lipinski definition) is 4. The van der Waals surface area contributed by atoms with Crippen molar-refractivity contribution in [3.05, 3.63) is 66.1 Å². The Hall–Kier alpha value is -2.71. The first kappa shape index (κ1) is 18.1. The van der Waals surface area contributed by atoms with Crippen LogP contribution in [0.15, 0.2) is 59.8 Å². The van der Waals surface area contributed by atoms with E-state index in [2.05, 4.69) is 15.0 Å². The summed E-state index contributed by atoms with van der Waals surface area (Å²) >= 11 is 0. The number of carbonyl (C=O) groups is 1. The van der Waals surface area contributed by atoms with Crippen LogP contribution in [0.5, 0.6) is 0 Å². The highest BCUT2D eigenvalue weighted by atomic mass is 32.2. The average Bonchev–Trinajstić information content (AvgIpc) is 3.04. The van der Waals surface area contributed by atoms with Gasteiger partial charge in [-0.2, -0.15) is 0 Å². The van der Waals surface area contributed by atoms with Gasteiger partial charge in [0.15, 0.2) is 0 Å². The Morgan fingerprint density at radius 3 is 2.81 bits per heavy atom. The second-order valence-corrected chi connectivity index (χ2v) is 7.50. The van der Waals surface area contributed by atoms with Crippen LogP contribution in [0.25, 0.3) is 5.65 Å². The number of aromatic nitrogens is 2. The van der Waals surface area contributed by atoms with Crippen LogP contribution in [0.1, 0.15) is 23.0 Å². The van der Waals surface area contributed by atoms with Gasteiger partial charge < -0.3 is 9.72 Å². The zero-order valence-corrected chi connectivity index (χ0v) is 15.2. The number of fused-ring (bicyclic) bond motifs is 1. The van der Waals surface area contributed by atoms with Gasteiger partial charge in [0.1, 0.15) is 5.65 Å². The molecule has 0 saturated carbocycles. The Balaban J connectivity index is 1.63. The number of imidazole rings is 1. The summed E-state index contributed by atoms with van der Waals surface area (Å²) in [6.07, 6.45) is 4.43. The smallest absolute Gasteiger partial charge is 0.251 e. The molecule has 0 unspecified atom stereocenters. The molecule has 8 heteroatoms. The van der Waals surface area contributed by atoms with E-state index in [0.29, 0.717) is 18.5 Å². The Labute approximate surface area is 152 Å². The maximum absolute atomic E-state index is 12.3. The minimum absolute atomic E-state index is 0.0763. The number of hydrogen-bond donors (Lipinski definition) is 2. The van der Waals surface area contributed by atoms with Crippen LogP contribution in [0, 0.1) is 0 Å². The lowest BCUT2D eigenvalue weighted by Crippen LogP contribution is -2.27. The third-order valence-electron chi connectivity index (χ3n) is 3.82. The highest BCUT2D eigenvalue weighted by molar-refractivity contribution is 7.89. The van der Waals surface area contributed by atoms with E-state index < -0.39 is 10.0 Å². The number of amides is 1. The van der Waals surface area contributed by atoms with Gasteiger partial charge in [-0.15, -0.1) is 0 Å². The van der Waals surface area contributed by atoms with E-state index >= 15 is 0 Å². The highest BCUT2D eigenvalue weighted by Gasteiger charge is 2.15. The molecule has 3 rings (SSSR count). The summed E-state index contributed by atoms with van der Waals surface area (Å²) < 4.78 is 28.4. The first-order valence-corrected chi connectivity index (χ1v) is 9.78. The van der Waals surface area contributed by atoms with E-state index in [4.69, 9.17) is 0 Å². The molecule has 0 atom stereocenters. The Bertz CT molecular complexity index is 995. The Kier molecular flexibility index (Phi) is 5.34. The molecule has 1 aromatic carbocycles. The van der Waals surface area contributed by atoms with Crippen molar-refractivity contribution in [3.8, 4) is 0 Å². The SMILES string of the molecule is CCNS(=O)(=O)c1cccc(C(=O)NCCc2cn3ccccc3n2)c1. The van der Waals surface area contributed by atoms with Crippen LogP contribution in [-0.4, -0.2) is 36.8 Å². The van der Waals surface area contributed by atoms with Crippen molar-refractivity contribution >= 4 is 21.6 Å². The average molecular weight is 372 g/mol. The standard InChI is InChI=1S/C18H20N4O3S/c1-2-20-26(24,25)16-7-5-6-14(12-16)18(23)19-10-9-15-13-22-11-4-3-8-17(22)21-15/h3-8,11-13,20H,2,9-10H2,1H3,(H,19,23). The first-order chi connectivity index (χ1) is 12.5. The van der Waals surface area contributed by atoms with E-state index in [1.165, 1.54) is 12.1 Å². The fourth-order valence-corrected chi connectivity index (χ4v) is 3.68. The van der Waals surface area contributed by atoms with E-state index in [0.717, 1.165) is 11.3 Å². The molecule has 2 aromatic heterocycles. The molecule has 26 heavy (non-hydrogen) atoms. The largest absolute Gasteiger partial charge is 0.352 e. The first-order valence-electron chi connectivity index (χ1n) is 8.30. The molecule has 136 valence electrons. The van der Waals surface area contributed by atoms with Gasteiger partial charge >= 0.3 is 0 Å². The molecule has 2 heterocycles. The quantitative estimate of drug-likeness (QED) is 0.659. The molecule has 7 nitrogen and oxygen atoms in total. The molecule has 0 bridgehead atoms. The van der Waals surface area contributed by atoms with E-state index in [9.17, 15) is 13.2 Å². The topological polar surface area (TPSA) is 92.6 Å². The van der Waals surface area contributed by atoms with Crippen molar-refractivity contribution in [2.75, 3.05) is 13.1 Å². The number of sulfonamides is 1. The van der Waals surface area contributed by atoms with Gasteiger partial charge in [0.2, 0.25) is 10.0 Å².